The van der Waals surface area contributed by atoms with Gasteiger partial charge in [0, 0.05) is 10.3 Å². The smallest absolute Gasteiger partial charge is 0.434 e. The summed E-state index contributed by atoms with van der Waals surface area (Å²) in [6.45, 7) is 2.07. The van der Waals surface area contributed by atoms with E-state index in [-0.39, 0.29) is 0 Å². The highest BCUT2D eigenvalue weighted by molar-refractivity contribution is 8.15. The van der Waals surface area contributed by atoms with Crippen molar-refractivity contribution in [2.75, 3.05) is 13.7 Å². The molecular formula is C15H13NO3S. The summed E-state index contributed by atoms with van der Waals surface area (Å²) in [4.78, 5) is 16.7. The van der Waals surface area contributed by atoms with E-state index in [1.165, 1.54) is 11.8 Å². The lowest BCUT2D eigenvalue weighted by Crippen LogP contribution is -2.03. The van der Waals surface area contributed by atoms with Crippen molar-refractivity contribution >= 4 is 33.7 Å². The first-order chi connectivity index (χ1) is 9.74. The molecule has 1 heterocycles. The Hall–Kier alpha value is -2.01. The summed E-state index contributed by atoms with van der Waals surface area (Å²) in [5.74, 6) is 0.720. The van der Waals surface area contributed by atoms with Gasteiger partial charge in [0.05, 0.1) is 19.3 Å². The Morgan fingerprint density at radius 2 is 2.15 bits per heavy atom. The number of benzene rings is 2. The van der Waals surface area contributed by atoms with E-state index >= 15 is 0 Å². The number of ether oxygens (including phenoxy) is 2. The number of carbonyl (C=O) groups is 1. The second-order valence-corrected chi connectivity index (χ2v) is 5.25. The monoisotopic (exact) mass is 287 g/mol. The van der Waals surface area contributed by atoms with Crippen LogP contribution in [0.25, 0.3) is 10.8 Å². The molecule has 0 bridgehead atoms. The fourth-order valence-corrected chi connectivity index (χ4v) is 3.37. The summed E-state index contributed by atoms with van der Waals surface area (Å²) in [7, 11) is 1.62. The van der Waals surface area contributed by atoms with Crippen LogP contribution in [-0.2, 0) is 4.74 Å². The van der Waals surface area contributed by atoms with Crippen molar-refractivity contribution < 1.29 is 14.3 Å². The molecule has 1 aliphatic heterocycles. The molecule has 1 amide bonds. The molecule has 0 saturated heterocycles. The molecule has 0 spiro atoms. The fourth-order valence-electron chi connectivity index (χ4n) is 2.27. The number of amides is 1. The van der Waals surface area contributed by atoms with E-state index in [1.54, 1.807) is 14.0 Å². The average molecular weight is 287 g/mol. The minimum absolute atomic E-state index is 0.314. The number of nitrogens with zero attached hydrogens (tertiary/aromatic N) is 1. The molecule has 0 N–H and O–H groups in total. The molecule has 0 radical (unpaired) electrons. The van der Waals surface area contributed by atoms with E-state index in [0.29, 0.717) is 11.7 Å². The average Bonchev–Trinajstić information content (AvgIpc) is 2.80. The van der Waals surface area contributed by atoms with Gasteiger partial charge < -0.3 is 9.47 Å². The van der Waals surface area contributed by atoms with Gasteiger partial charge >= 0.3 is 6.09 Å². The van der Waals surface area contributed by atoms with Crippen LogP contribution in [0.15, 0.2) is 40.2 Å². The lowest BCUT2D eigenvalue weighted by molar-refractivity contribution is 0.163. The number of aliphatic imine (C=N–C) groups is 1. The van der Waals surface area contributed by atoms with Gasteiger partial charge in [0.2, 0.25) is 0 Å². The SMILES string of the molecule is CCOC(=O)/N=C1\Sc2cccc3ccc(OC)c1c23. The molecule has 0 saturated carbocycles. The van der Waals surface area contributed by atoms with Gasteiger partial charge in [0.25, 0.3) is 0 Å². The molecule has 2 aromatic carbocycles. The highest BCUT2D eigenvalue weighted by Crippen LogP contribution is 2.44. The van der Waals surface area contributed by atoms with Crippen molar-refractivity contribution in [3.63, 3.8) is 0 Å². The van der Waals surface area contributed by atoms with Crippen molar-refractivity contribution in [2.45, 2.75) is 11.8 Å². The van der Waals surface area contributed by atoms with E-state index in [2.05, 4.69) is 4.99 Å². The Bertz CT molecular complexity index is 724. The van der Waals surface area contributed by atoms with Crippen molar-refractivity contribution in [1.29, 1.82) is 0 Å². The van der Waals surface area contributed by atoms with E-state index in [9.17, 15) is 4.79 Å². The standard InChI is InChI=1S/C15H13NO3S/c1-3-19-15(17)16-14-13-10(18-2)8-7-9-5-4-6-11(20-14)12(9)13/h4-8H,3H2,1-2H3/b16-14-. The molecular weight excluding hydrogens is 274 g/mol. The Morgan fingerprint density at radius 1 is 1.30 bits per heavy atom. The maximum atomic E-state index is 11.6. The molecule has 20 heavy (non-hydrogen) atoms. The van der Waals surface area contributed by atoms with Crippen LogP contribution < -0.4 is 4.74 Å². The fraction of sp³-hybridized carbons (Fsp3) is 0.200. The molecule has 0 unspecified atom stereocenters. The minimum atomic E-state index is -0.568. The van der Waals surface area contributed by atoms with Gasteiger partial charge in [0.15, 0.2) is 0 Å². The molecule has 5 heteroatoms. The highest BCUT2D eigenvalue weighted by Gasteiger charge is 2.26. The topological polar surface area (TPSA) is 47.9 Å². The van der Waals surface area contributed by atoms with Crippen LogP contribution in [0.1, 0.15) is 12.5 Å². The van der Waals surface area contributed by atoms with Crippen LogP contribution in [0.4, 0.5) is 4.79 Å². The van der Waals surface area contributed by atoms with E-state index in [1.807, 2.05) is 30.3 Å². The van der Waals surface area contributed by atoms with Gasteiger partial charge in [-0.05, 0) is 24.4 Å². The van der Waals surface area contributed by atoms with Crippen molar-refractivity contribution in [3.05, 3.63) is 35.9 Å². The first-order valence-corrected chi connectivity index (χ1v) is 7.09. The zero-order valence-corrected chi connectivity index (χ0v) is 12.0. The summed E-state index contributed by atoms with van der Waals surface area (Å²) in [6, 6.07) is 9.95. The quantitative estimate of drug-likeness (QED) is 0.841. The maximum absolute atomic E-state index is 11.6. The molecule has 0 atom stereocenters. The van der Waals surface area contributed by atoms with Crippen LogP contribution in [0.5, 0.6) is 5.75 Å². The van der Waals surface area contributed by atoms with E-state index in [4.69, 9.17) is 9.47 Å². The van der Waals surface area contributed by atoms with Crippen molar-refractivity contribution in [1.82, 2.24) is 0 Å². The number of hydrogen-bond acceptors (Lipinski definition) is 4. The second kappa shape index (κ2) is 5.17. The third-order valence-corrected chi connectivity index (χ3v) is 4.12. The lowest BCUT2D eigenvalue weighted by Gasteiger charge is -2.07. The first kappa shape index (κ1) is 13.0. The van der Waals surface area contributed by atoms with Gasteiger partial charge in [0.1, 0.15) is 10.8 Å². The van der Waals surface area contributed by atoms with Crippen LogP contribution in [0, 0.1) is 0 Å². The first-order valence-electron chi connectivity index (χ1n) is 6.28. The molecule has 2 aromatic rings. The molecule has 0 fully saturated rings. The Balaban J connectivity index is 2.19. The van der Waals surface area contributed by atoms with Crippen LogP contribution in [0.3, 0.4) is 0 Å². The largest absolute Gasteiger partial charge is 0.496 e. The van der Waals surface area contributed by atoms with E-state index in [0.717, 1.165) is 27.0 Å². The highest BCUT2D eigenvalue weighted by atomic mass is 32.2. The predicted octanol–water partition coefficient (Wildman–Crippen LogP) is 3.86. The summed E-state index contributed by atoms with van der Waals surface area (Å²) in [5, 5.41) is 2.83. The molecule has 4 nitrogen and oxygen atoms in total. The number of thioether (sulfide) groups is 1. The zero-order valence-electron chi connectivity index (χ0n) is 11.2. The van der Waals surface area contributed by atoms with Crippen LogP contribution >= 0.6 is 11.8 Å². The molecule has 0 aliphatic carbocycles. The third-order valence-electron chi connectivity index (χ3n) is 3.07. The van der Waals surface area contributed by atoms with Crippen LogP contribution in [0.2, 0.25) is 0 Å². The number of hydrogen-bond donors (Lipinski definition) is 0. The van der Waals surface area contributed by atoms with Crippen molar-refractivity contribution in [2.24, 2.45) is 4.99 Å². The molecule has 102 valence electrons. The number of methoxy groups -OCH3 is 1. The predicted molar refractivity (Wildman–Crippen MR) is 79.9 cm³/mol. The number of carbonyl (C=O) groups excluding carboxylic acids is 1. The van der Waals surface area contributed by atoms with Crippen LogP contribution in [-0.4, -0.2) is 24.9 Å². The third kappa shape index (κ3) is 2.04. The molecule has 1 aliphatic rings. The second-order valence-electron chi connectivity index (χ2n) is 4.22. The summed E-state index contributed by atoms with van der Waals surface area (Å²) < 4.78 is 10.3. The Morgan fingerprint density at radius 3 is 2.90 bits per heavy atom. The lowest BCUT2D eigenvalue weighted by atomic mass is 10.0. The molecule has 0 aromatic heterocycles. The van der Waals surface area contributed by atoms with E-state index < -0.39 is 6.09 Å². The maximum Gasteiger partial charge on any atom is 0.434 e. The van der Waals surface area contributed by atoms with Gasteiger partial charge in [-0.15, -0.1) is 0 Å². The number of rotatable bonds is 2. The summed E-state index contributed by atoms with van der Waals surface area (Å²) in [5.41, 5.74) is 0.874. The Labute approximate surface area is 120 Å². The summed E-state index contributed by atoms with van der Waals surface area (Å²) in [6.07, 6.45) is -0.568. The zero-order chi connectivity index (χ0) is 14.1. The summed E-state index contributed by atoms with van der Waals surface area (Å²) >= 11 is 1.47. The van der Waals surface area contributed by atoms with Gasteiger partial charge in [-0.3, -0.25) is 0 Å². The van der Waals surface area contributed by atoms with Gasteiger partial charge in [-0.1, -0.05) is 30.0 Å². The minimum Gasteiger partial charge on any atom is -0.496 e. The normalized spacial score (nSPS) is 14.8. The van der Waals surface area contributed by atoms with Gasteiger partial charge in [-0.2, -0.15) is 4.99 Å². The van der Waals surface area contributed by atoms with Crippen molar-refractivity contribution in [3.8, 4) is 5.75 Å². The van der Waals surface area contributed by atoms with Gasteiger partial charge in [-0.25, -0.2) is 4.79 Å². The molecule has 3 rings (SSSR count). The Kier molecular flexibility index (Phi) is 3.36.